The molecule has 4 heterocycles. The van der Waals surface area contributed by atoms with Crippen molar-refractivity contribution in [3.63, 3.8) is 0 Å². The molecule has 1 amide bonds. The van der Waals surface area contributed by atoms with E-state index in [1.165, 1.54) is 4.90 Å². The fourth-order valence-corrected chi connectivity index (χ4v) is 4.18. The minimum Gasteiger partial charge on any atom is -0.507 e. The Morgan fingerprint density at radius 1 is 1.06 bits per heavy atom. The number of ether oxygens (including phenoxy) is 2. The Bertz CT molecular complexity index is 1210. The van der Waals surface area contributed by atoms with Crippen LogP contribution in [0.15, 0.2) is 67.0 Å². The zero-order valence-corrected chi connectivity index (χ0v) is 17.8. The average molecular weight is 446 g/mol. The molecule has 2 aromatic heterocycles. The first kappa shape index (κ1) is 20.7. The molecular weight excluding hydrogens is 424 g/mol. The zero-order chi connectivity index (χ0) is 22.8. The van der Waals surface area contributed by atoms with Gasteiger partial charge in [-0.05, 0) is 36.2 Å². The molecule has 3 aromatic rings. The lowest BCUT2D eigenvalue weighted by atomic mass is 9.96. The summed E-state index contributed by atoms with van der Waals surface area (Å²) in [6, 6.07) is 7.75. The molecule has 1 saturated heterocycles. The number of aryl methyl sites for hydroxylation is 1. The standard InChI is InChI=1S/C24H22N4O5/c29-22(16-4-5-18-19(13-16)33-12-11-32-18)20-21(17-3-1-6-25-14-17)28(24(31)23(20)30)9-2-8-27-10-7-26-15-27/h1,3-7,10,13-15,21,29H,2,8-9,11-12H2/t21-/m0/s1. The van der Waals surface area contributed by atoms with Gasteiger partial charge in [-0.3, -0.25) is 14.6 Å². The van der Waals surface area contributed by atoms with Gasteiger partial charge in [0, 0.05) is 43.4 Å². The van der Waals surface area contributed by atoms with E-state index in [9.17, 15) is 14.7 Å². The van der Waals surface area contributed by atoms with Crippen LogP contribution in [0.25, 0.3) is 5.76 Å². The molecule has 1 atom stereocenters. The van der Waals surface area contributed by atoms with Crippen molar-refractivity contribution < 1.29 is 24.2 Å². The van der Waals surface area contributed by atoms with Crippen LogP contribution < -0.4 is 9.47 Å². The molecule has 5 rings (SSSR count). The SMILES string of the molecule is O=C1C(=O)N(CCCn2ccnc2)[C@@H](c2cccnc2)C1=C(O)c1ccc2c(c1)OCCO2. The van der Waals surface area contributed by atoms with E-state index in [1.807, 2.05) is 10.8 Å². The Hall–Kier alpha value is -4.14. The topological polar surface area (TPSA) is 107 Å². The molecule has 9 nitrogen and oxygen atoms in total. The number of pyridine rings is 1. The molecule has 0 saturated carbocycles. The quantitative estimate of drug-likeness (QED) is 0.352. The summed E-state index contributed by atoms with van der Waals surface area (Å²) in [5.74, 6) is -0.567. The number of fused-ring (bicyclic) bond motifs is 1. The van der Waals surface area contributed by atoms with Gasteiger partial charge in [-0.25, -0.2) is 4.98 Å². The maximum absolute atomic E-state index is 13.1. The summed E-state index contributed by atoms with van der Waals surface area (Å²) >= 11 is 0. The molecule has 0 unspecified atom stereocenters. The van der Waals surface area contributed by atoms with Gasteiger partial charge in [0.05, 0.1) is 17.9 Å². The van der Waals surface area contributed by atoms with Crippen LogP contribution in [0.2, 0.25) is 0 Å². The number of imidazole rings is 1. The first-order valence-corrected chi connectivity index (χ1v) is 10.7. The number of benzene rings is 1. The highest BCUT2D eigenvalue weighted by atomic mass is 16.6. The predicted molar refractivity (Wildman–Crippen MR) is 118 cm³/mol. The van der Waals surface area contributed by atoms with Crippen molar-refractivity contribution >= 4 is 17.4 Å². The second-order valence-electron chi connectivity index (χ2n) is 7.79. The smallest absolute Gasteiger partial charge is 0.295 e. The van der Waals surface area contributed by atoms with Gasteiger partial charge < -0.3 is 24.0 Å². The summed E-state index contributed by atoms with van der Waals surface area (Å²) in [5, 5.41) is 11.2. The van der Waals surface area contributed by atoms with Crippen molar-refractivity contribution in [1.82, 2.24) is 19.4 Å². The van der Waals surface area contributed by atoms with E-state index in [4.69, 9.17) is 9.47 Å². The van der Waals surface area contributed by atoms with E-state index in [2.05, 4.69) is 9.97 Å². The summed E-state index contributed by atoms with van der Waals surface area (Å²) in [6.45, 7) is 1.82. The van der Waals surface area contributed by atoms with Crippen LogP contribution >= 0.6 is 0 Å². The molecule has 0 spiro atoms. The second-order valence-corrected chi connectivity index (χ2v) is 7.79. The number of hydrogen-bond acceptors (Lipinski definition) is 7. The summed E-state index contributed by atoms with van der Waals surface area (Å²) in [7, 11) is 0. The van der Waals surface area contributed by atoms with Crippen molar-refractivity contribution in [3.8, 4) is 11.5 Å². The maximum Gasteiger partial charge on any atom is 0.295 e. The molecule has 1 fully saturated rings. The van der Waals surface area contributed by atoms with E-state index < -0.39 is 17.7 Å². The fourth-order valence-electron chi connectivity index (χ4n) is 4.18. The van der Waals surface area contributed by atoms with Crippen molar-refractivity contribution in [1.29, 1.82) is 0 Å². The number of nitrogens with zero attached hydrogens (tertiary/aromatic N) is 4. The van der Waals surface area contributed by atoms with Crippen molar-refractivity contribution in [2.75, 3.05) is 19.8 Å². The number of aliphatic hydroxyl groups excluding tert-OH is 1. The second kappa shape index (κ2) is 8.78. The van der Waals surface area contributed by atoms with Gasteiger partial charge >= 0.3 is 0 Å². The Labute approximate surface area is 189 Å². The van der Waals surface area contributed by atoms with Gasteiger partial charge in [-0.15, -0.1) is 0 Å². The minimum atomic E-state index is -0.741. The minimum absolute atomic E-state index is 0.0345. The molecule has 1 aromatic carbocycles. The van der Waals surface area contributed by atoms with Crippen molar-refractivity contribution in [2.45, 2.75) is 19.0 Å². The normalized spacial score (nSPS) is 19.2. The number of hydrogen-bond donors (Lipinski definition) is 1. The number of Topliss-reactive ketones (excluding diaryl/α,β-unsaturated/α-hetero) is 1. The van der Waals surface area contributed by atoms with Crippen LogP contribution in [0.5, 0.6) is 11.5 Å². The lowest BCUT2D eigenvalue weighted by Gasteiger charge is -2.25. The number of carbonyl (C=O) groups is 2. The van der Waals surface area contributed by atoms with E-state index in [1.54, 1.807) is 55.2 Å². The molecule has 33 heavy (non-hydrogen) atoms. The third kappa shape index (κ3) is 3.93. The van der Waals surface area contributed by atoms with Gasteiger partial charge in [0.2, 0.25) is 0 Å². The van der Waals surface area contributed by atoms with Crippen LogP contribution in [-0.2, 0) is 16.1 Å². The third-order valence-electron chi connectivity index (χ3n) is 5.73. The number of rotatable bonds is 6. The summed E-state index contributed by atoms with van der Waals surface area (Å²) in [5.41, 5.74) is 1.07. The van der Waals surface area contributed by atoms with Crippen LogP contribution in [0.3, 0.4) is 0 Å². The monoisotopic (exact) mass is 446 g/mol. The van der Waals surface area contributed by atoms with E-state index in [0.29, 0.717) is 55.4 Å². The van der Waals surface area contributed by atoms with Crippen LogP contribution in [0.1, 0.15) is 23.6 Å². The van der Waals surface area contributed by atoms with Gasteiger partial charge in [0.1, 0.15) is 19.0 Å². The van der Waals surface area contributed by atoms with Gasteiger partial charge in [-0.1, -0.05) is 6.07 Å². The zero-order valence-electron chi connectivity index (χ0n) is 17.8. The van der Waals surface area contributed by atoms with Crippen molar-refractivity contribution in [2.24, 2.45) is 0 Å². The summed E-state index contributed by atoms with van der Waals surface area (Å²) in [4.78, 5) is 35.8. The Kier molecular flexibility index (Phi) is 5.52. The number of likely N-dealkylation sites (tertiary alicyclic amines) is 1. The molecule has 0 aliphatic carbocycles. The maximum atomic E-state index is 13.1. The van der Waals surface area contributed by atoms with E-state index >= 15 is 0 Å². The molecule has 168 valence electrons. The highest BCUT2D eigenvalue weighted by Gasteiger charge is 2.46. The Balaban J connectivity index is 1.52. The average Bonchev–Trinajstić information content (AvgIpc) is 3.46. The van der Waals surface area contributed by atoms with Crippen LogP contribution in [0.4, 0.5) is 0 Å². The highest BCUT2D eigenvalue weighted by Crippen LogP contribution is 2.40. The van der Waals surface area contributed by atoms with Crippen LogP contribution in [0, 0.1) is 0 Å². The van der Waals surface area contributed by atoms with Gasteiger partial charge in [0.15, 0.2) is 11.5 Å². The lowest BCUT2D eigenvalue weighted by Crippen LogP contribution is -2.31. The number of ketones is 1. The Morgan fingerprint density at radius 3 is 2.67 bits per heavy atom. The largest absolute Gasteiger partial charge is 0.507 e. The number of aliphatic hydroxyl groups is 1. The highest BCUT2D eigenvalue weighted by molar-refractivity contribution is 6.46. The van der Waals surface area contributed by atoms with Crippen molar-refractivity contribution in [3.05, 3.63) is 78.1 Å². The Morgan fingerprint density at radius 2 is 1.91 bits per heavy atom. The first-order chi connectivity index (χ1) is 16.1. The van der Waals surface area contributed by atoms with Gasteiger partial charge in [0.25, 0.3) is 11.7 Å². The van der Waals surface area contributed by atoms with E-state index in [-0.39, 0.29) is 11.3 Å². The molecular formula is C24H22N4O5. The van der Waals surface area contributed by atoms with Crippen LogP contribution in [-0.4, -0.2) is 56.0 Å². The first-order valence-electron chi connectivity index (χ1n) is 10.7. The number of amides is 1. The summed E-state index contributed by atoms with van der Waals surface area (Å²) < 4.78 is 13.1. The molecule has 0 radical (unpaired) electrons. The fraction of sp³-hybridized carbons (Fsp3) is 0.250. The molecule has 2 aliphatic heterocycles. The lowest BCUT2D eigenvalue weighted by molar-refractivity contribution is -0.139. The van der Waals surface area contributed by atoms with Gasteiger partial charge in [-0.2, -0.15) is 0 Å². The molecule has 2 aliphatic rings. The summed E-state index contributed by atoms with van der Waals surface area (Å²) in [6.07, 6.45) is 9.08. The predicted octanol–water partition coefficient (Wildman–Crippen LogP) is 2.56. The molecule has 1 N–H and O–H groups in total. The number of aromatic nitrogens is 3. The number of carbonyl (C=O) groups excluding carboxylic acids is 2. The molecule has 9 heteroatoms. The van der Waals surface area contributed by atoms with E-state index in [0.717, 1.165) is 0 Å². The third-order valence-corrected chi connectivity index (χ3v) is 5.73. The molecule has 0 bridgehead atoms.